The van der Waals surface area contributed by atoms with Crippen molar-refractivity contribution >= 4 is 28.3 Å². The van der Waals surface area contributed by atoms with Gasteiger partial charge in [0.1, 0.15) is 0 Å². The van der Waals surface area contributed by atoms with Crippen molar-refractivity contribution < 1.29 is 0 Å². The maximum atomic E-state index is 2.75. The first-order valence-electron chi connectivity index (χ1n) is 3.10. The van der Waals surface area contributed by atoms with Gasteiger partial charge in [-0.3, -0.25) is 0 Å². The van der Waals surface area contributed by atoms with Crippen LogP contribution >= 0.6 is 28.3 Å². The highest BCUT2D eigenvalue weighted by Crippen LogP contribution is 2.00. The van der Waals surface area contributed by atoms with Crippen molar-refractivity contribution in [1.29, 1.82) is 0 Å². The summed E-state index contributed by atoms with van der Waals surface area (Å²) in [5.41, 5.74) is 0. The van der Waals surface area contributed by atoms with Crippen LogP contribution in [0.25, 0.3) is 0 Å². The maximum Gasteiger partial charge on any atom is 0.0890 e. The van der Waals surface area contributed by atoms with Crippen molar-refractivity contribution in [3.63, 3.8) is 0 Å². The van der Waals surface area contributed by atoms with E-state index >= 15 is 0 Å². The van der Waals surface area contributed by atoms with E-state index in [1.807, 2.05) is 0 Å². The third-order valence-electron chi connectivity index (χ3n) is 1.34. The Morgan fingerprint density at radius 3 is 2.20 bits per heavy atom. The molecule has 10 heavy (non-hydrogen) atoms. The highest BCUT2D eigenvalue weighted by molar-refractivity contribution is 9.93. The molecule has 0 saturated carbocycles. The second-order valence-corrected chi connectivity index (χ2v) is 2.10. The topological polar surface area (TPSA) is 6.48 Å². The molecule has 0 aromatic heterocycles. The van der Waals surface area contributed by atoms with Crippen LogP contribution in [0, 0.1) is 0 Å². The molecule has 0 aliphatic carbocycles. The first-order valence-corrected chi connectivity index (χ1v) is 6.81. The van der Waals surface area contributed by atoms with E-state index in [1.54, 1.807) is 0 Å². The van der Waals surface area contributed by atoms with Gasteiger partial charge in [-0.2, -0.15) is 0 Å². The monoisotopic (exact) mass is 270 g/mol. The predicted octanol–water partition coefficient (Wildman–Crippen LogP) is 2.37. The molecule has 4 heteroatoms. The number of hydrogen-bond acceptors (Lipinski definition) is 2. The van der Waals surface area contributed by atoms with Crippen molar-refractivity contribution in [2.45, 2.75) is 6.92 Å². The van der Waals surface area contributed by atoms with E-state index in [0.29, 0.717) is 0 Å². The molecule has 2 nitrogen and oxygen atoms in total. The minimum atomic E-state index is 1.05. The van der Waals surface area contributed by atoms with E-state index in [1.165, 1.54) is 0 Å². The number of rotatable bonds is 1. The standard InChI is InChI=1S/C6H12N2.Br2/c1-3-8-5-4-7(2)6-8;1-2/h4-5H,3,6H2,1-2H3;. The van der Waals surface area contributed by atoms with E-state index in [2.05, 4.69) is 64.4 Å². The van der Waals surface area contributed by atoms with Gasteiger partial charge in [0.15, 0.2) is 0 Å². The second kappa shape index (κ2) is 6.04. The SMILES string of the molecule is BrBr.CCN1C=CN(C)C1. The lowest BCUT2D eigenvalue weighted by molar-refractivity contribution is 0.308. The summed E-state index contributed by atoms with van der Waals surface area (Å²) in [7, 11) is 2.08. The Hall–Kier alpha value is 0.300. The molecule has 1 heterocycles. The van der Waals surface area contributed by atoms with Gasteiger partial charge in [0.2, 0.25) is 0 Å². The quantitative estimate of drug-likeness (QED) is 0.723. The highest BCUT2D eigenvalue weighted by Gasteiger charge is 2.03. The van der Waals surface area contributed by atoms with E-state index in [0.717, 1.165) is 13.2 Å². The van der Waals surface area contributed by atoms with Crippen molar-refractivity contribution in [3.05, 3.63) is 12.4 Å². The summed E-state index contributed by atoms with van der Waals surface area (Å²) in [6.07, 6.45) is 4.20. The Morgan fingerprint density at radius 2 is 2.00 bits per heavy atom. The summed E-state index contributed by atoms with van der Waals surface area (Å²) in [6.45, 7) is 4.32. The second-order valence-electron chi connectivity index (χ2n) is 2.10. The molecular weight excluding hydrogens is 260 g/mol. The van der Waals surface area contributed by atoms with Gasteiger partial charge in [-0.25, -0.2) is 0 Å². The van der Waals surface area contributed by atoms with Gasteiger partial charge in [-0.15, -0.1) is 0 Å². The van der Waals surface area contributed by atoms with Gasteiger partial charge in [-0.05, 0) is 6.92 Å². The summed E-state index contributed by atoms with van der Waals surface area (Å²) in [6, 6.07) is 0. The van der Waals surface area contributed by atoms with E-state index in [-0.39, 0.29) is 0 Å². The van der Waals surface area contributed by atoms with Crippen LogP contribution in [0.5, 0.6) is 0 Å². The molecule has 0 bridgehead atoms. The van der Waals surface area contributed by atoms with Gasteiger partial charge in [0.25, 0.3) is 0 Å². The molecule has 0 aromatic carbocycles. The molecule has 60 valence electrons. The molecule has 0 saturated heterocycles. The molecule has 1 aliphatic heterocycles. The minimum Gasteiger partial charge on any atom is -0.362 e. The van der Waals surface area contributed by atoms with E-state index in [4.69, 9.17) is 0 Å². The van der Waals surface area contributed by atoms with Crippen LogP contribution in [0.1, 0.15) is 6.92 Å². The van der Waals surface area contributed by atoms with E-state index < -0.39 is 0 Å². The van der Waals surface area contributed by atoms with Crippen LogP contribution in [-0.2, 0) is 0 Å². The average Bonchev–Trinajstić information content (AvgIpc) is 2.40. The summed E-state index contributed by atoms with van der Waals surface area (Å²) in [4.78, 5) is 4.41. The zero-order chi connectivity index (χ0) is 7.98. The van der Waals surface area contributed by atoms with Crippen LogP contribution in [0.3, 0.4) is 0 Å². The van der Waals surface area contributed by atoms with Gasteiger partial charge >= 0.3 is 0 Å². The molecule has 1 aliphatic rings. The molecule has 0 unspecified atom stereocenters. The lowest BCUT2D eigenvalue weighted by Gasteiger charge is -2.14. The Morgan fingerprint density at radius 1 is 1.40 bits per heavy atom. The summed E-state index contributed by atoms with van der Waals surface area (Å²) >= 11 is 5.50. The van der Waals surface area contributed by atoms with Crippen LogP contribution in [-0.4, -0.2) is 30.1 Å². The highest BCUT2D eigenvalue weighted by atomic mass is 80.9. The fourth-order valence-electron chi connectivity index (χ4n) is 0.794. The molecule has 1 rings (SSSR count). The Labute approximate surface area is 77.7 Å². The van der Waals surface area contributed by atoms with Gasteiger partial charge in [-0.1, -0.05) is 0 Å². The third-order valence-corrected chi connectivity index (χ3v) is 1.34. The third kappa shape index (κ3) is 3.46. The van der Waals surface area contributed by atoms with Gasteiger partial charge in [0, 0.05) is 54.2 Å². The van der Waals surface area contributed by atoms with E-state index in [9.17, 15) is 0 Å². The molecule has 0 aromatic rings. The van der Waals surface area contributed by atoms with Crippen molar-refractivity contribution in [2.75, 3.05) is 20.3 Å². The van der Waals surface area contributed by atoms with Crippen LogP contribution in [0.2, 0.25) is 0 Å². The number of hydrogen-bond donors (Lipinski definition) is 0. The predicted molar refractivity (Wildman–Crippen MR) is 52.0 cm³/mol. The molecule has 0 fully saturated rings. The molecule has 0 atom stereocenters. The smallest absolute Gasteiger partial charge is 0.0890 e. The summed E-state index contributed by atoms with van der Waals surface area (Å²) in [5, 5.41) is 0. The van der Waals surface area contributed by atoms with Crippen molar-refractivity contribution in [1.82, 2.24) is 9.80 Å². The Kier molecular flexibility index (Phi) is 6.22. The fraction of sp³-hybridized carbons (Fsp3) is 0.667. The Bertz CT molecular complexity index is 106. The first kappa shape index (κ1) is 10.3. The lowest BCUT2D eigenvalue weighted by Crippen LogP contribution is -2.21. The first-order chi connectivity index (χ1) is 4.83. The largest absolute Gasteiger partial charge is 0.362 e. The summed E-state index contributed by atoms with van der Waals surface area (Å²) < 4.78 is 0. The zero-order valence-corrected chi connectivity index (χ0v) is 9.39. The van der Waals surface area contributed by atoms with Crippen LogP contribution < -0.4 is 0 Å². The summed E-state index contributed by atoms with van der Waals surface area (Å²) in [5.74, 6) is 0. The maximum absolute atomic E-state index is 2.75. The lowest BCUT2D eigenvalue weighted by atomic mass is 10.6. The number of halogens is 2. The average molecular weight is 272 g/mol. The molecule has 0 spiro atoms. The number of nitrogens with zero attached hydrogens (tertiary/aromatic N) is 2. The van der Waals surface area contributed by atoms with Crippen LogP contribution in [0.4, 0.5) is 0 Å². The minimum absolute atomic E-state index is 1.05. The molecule has 0 N–H and O–H groups in total. The molecular formula is C6H12Br2N2. The van der Waals surface area contributed by atoms with Gasteiger partial charge < -0.3 is 9.80 Å². The molecule has 0 amide bonds. The van der Waals surface area contributed by atoms with Crippen molar-refractivity contribution in [3.8, 4) is 0 Å². The van der Waals surface area contributed by atoms with Crippen LogP contribution in [0.15, 0.2) is 12.4 Å². The van der Waals surface area contributed by atoms with Crippen molar-refractivity contribution in [2.24, 2.45) is 0 Å². The zero-order valence-electron chi connectivity index (χ0n) is 6.22. The molecule has 0 radical (unpaired) electrons. The normalized spacial score (nSPS) is 15.2. The Balaban J connectivity index is 0.000000371. The fourth-order valence-corrected chi connectivity index (χ4v) is 0.794. The van der Waals surface area contributed by atoms with Gasteiger partial charge in [0.05, 0.1) is 6.67 Å².